The number of hydrogen-bond acceptors (Lipinski definition) is 3. The minimum atomic E-state index is -0.297. The SMILES string of the molecule is CC(=O)C(C)(C)CC(C)(C)C(C)OCCC(C)(C)N. The average molecular weight is 271 g/mol. The van der Waals surface area contributed by atoms with E-state index in [0.717, 1.165) is 12.8 Å². The Bertz CT molecular complexity index is 300. The molecular weight excluding hydrogens is 238 g/mol. The molecule has 19 heavy (non-hydrogen) atoms. The third kappa shape index (κ3) is 7.07. The maximum atomic E-state index is 11.7. The largest absolute Gasteiger partial charge is 0.378 e. The highest BCUT2D eigenvalue weighted by atomic mass is 16.5. The molecule has 114 valence electrons. The Balaban J connectivity index is 4.44. The molecule has 0 aromatic carbocycles. The van der Waals surface area contributed by atoms with Gasteiger partial charge < -0.3 is 10.5 Å². The standard InChI is InChI=1S/C16H33NO2/c1-12(18)14(3,4)11-15(5,6)13(2)19-10-9-16(7,8)17/h13H,9-11,17H2,1-8H3. The fourth-order valence-electron chi connectivity index (χ4n) is 2.13. The van der Waals surface area contributed by atoms with E-state index < -0.39 is 0 Å². The highest BCUT2D eigenvalue weighted by Gasteiger charge is 2.36. The van der Waals surface area contributed by atoms with Crippen molar-refractivity contribution in [3.8, 4) is 0 Å². The monoisotopic (exact) mass is 271 g/mol. The van der Waals surface area contributed by atoms with Gasteiger partial charge in [-0.3, -0.25) is 4.79 Å². The first-order valence-corrected chi connectivity index (χ1v) is 7.19. The van der Waals surface area contributed by atoms with Gasteiger partial charge in [-0.05, 0) is 46.0 Å². The van der Waals surface area contributed by atoms with Gasteiger partial charge in [-0.1, -0.05) is 27.7 Å². The van der Waals surface area contributed by atoms with Crippen LogP contribution in [0.5, 0.6) is 0 Å². The Morgan fingerprint density at radius 3 is 2.00 bits per heavy atom. The molecule has 0 saturated carbocycles. The minimum Gasteiger partial charge on any atom is -0.378 e. The van der Waals surface area contributed by atoms with E-state index in [9.17, 15) is 4.79 Å². The van der Waals surface area contributed by atoms with Gasteiger partial charge >= 0.3 is 0 Å². The van der Waals surface area contributed by atoms with Gasteiger partial charge in [0.1, 0.15) is 5.78 Å². The number of rotatable bonds is 8. The van der Waals surface area contributed by atoms with Gasteiger partial charge in [0.05, 0.1) is 6.10 Å². The predicted octanol–water partition coefficient (Wildman–Crippen LogP) is 3.55. The molecule has 3 heteroatoms. The second kappa shape index (κ2) is 6.36. The maximum Gasteiger partial charge on any atom is 0.135 e. The van der Waals surface area contributed by atoms with Crippen LogP contribution in [0, 0.1) is 10.8 Å². The molecule has 1 unspecified atom stereocenters. The van der Waals surface area contributed by atoms with E-state index in [4.69, 9.17) is 10.5 Å². The molecule has 0 rings (SSSR count). The number of carbonyl (C=O) groups is 1. The number of Topliss-reactive ketones (excluding diaryl/α,β-unsaturated/α-hetero) is 1. The summed E-state index contributed by atoms with van der Waals surface area (Å²) < 4.78 is 5.92. The van der Waals surface area contributed by atoms with Crippen LogP contribution in [0.4, 0.5) is 0 Å². The highest BCUT2D eigenvalue weighted by molar-refractivity contribution is 5.81. The van der Waals surface area contributed by atoms with Crippen molar-refractivity contribution in [2.75, 3.05) is 6.61 Å². The van der Waals surface area contributed by atoms with Crippen LogP contribution in [0.3, 0.4) is 0 Å². The number of ketones is 1. The first-order chi connectivity index (χ1) is 8.28. The summed E-state index contributed by atoms with van der Waals surface area (Å²) in [5, 5.41) is 0. The minimum absolute atomic E-state index is 0.0338. The molecule has 0 saturated heterocycles. The molecule has 0 aliphatic carbocycles. The van der Waals surface area contributed by atoms with Crippen molar-refractivity contribution in [3.63, 3.8) is 0 Å². The molecule has 0 amide bonds. The zero-order valence-electron chi connectivity index (χ0n) is 14.1. The fourth-order valence-corrected chi connectivity index (χ4v) is 2.13. The number of hydrogen-bond donors (Lipinski definition) is 1. The van der Waals surface area contributed by atoms with Crippen molar-refractivity contribution in [1.29, 1.82) is 0 Å². The molecular formula is C16H33NO2. The van der Waals surface area contributed by atoms with E-state index >= 15 is 0 Å². The van der Waals surface area contributed by atoms with E-state index in [-0.39, 0.29) is 28.3 Å². The molecule has 0 aromatic heterocycles. The summed E-state index contributed by atoms with van der Waals surface area (Å²) in [5.41, 5.74) is 5.42. The third-order valence-electron chi connectivity index (χ3n) is 4.07. The van der Waals surface area contributed by atoms with Crippen LogP contribution >= 0.6 is 0 Å². The molecule has 0 radical (unpaired) electrons. The molecule has 1 atom stereocenters. The molecule has 0 spiro atoms. The Kier molecular flexibility index (Phi) is 6.22. The van der Waals surface area contributed by atoms with Crippen molar-refractivity contribution in [2.24, 2.45) is 16.6 Å². The van der Waals surface area contributed by atoms with Crippen LogP contribution in [0.15, 0.2) is 0 Å². The number of ether oxygens (including phenoxy) is 1. The zero-order valence-corrected chi connectivity index (χ0v) is 14.1. The van der Waals surface area contributed by atoms with E-state index in [0.29, 0.717) is 6.61 Å². The topological polar surface area (TPSA) is 52.3 Å². The molecule has 0 aromatic rings. The van der Waals surface area contributed by atoms with Crippen molar-refractivity contribution >= 4 is 5.78 Å². The van der Waals surface area contributed by atoms with Crippen molar-refractivity contribution in [2.45, 2.75) is 79.9 Å². The molecule has 3 nitrogen and oxygen atoms in total. The third-order valence-corrected chi connectivity index (χ3v) is 4.07. The number of carbonyl (C=O) groups excluding carboxylic acids is 1. The second-order valence-electron chi connectivity index (χ2n) is 7.86. The summed E-state index contributed by atoms with van der Waals surface area (Å²) in [6, 6.07) is 0. The Morgan fingerprint density at radius 1 is 1.16 bits per heavy atom. The van der Waals surface area contributed by atoms with Gasteiger partial charge in [-0.25, -0.2) is 0 Å². The van der Waals surface area contributed by atoms with Gasteiger partial charge in [0.15, 0.2) is 0 Å². The van der Waals surface area contributed by atoms with E-state index in [1.807, 2.05) is 27.7 Å². The molecule has 2 N–H and O–H groups in total. The molecule has 0 fully saturated rings. The van der Waals surface area contributed by atoms with Gasteiger partial charge in [-0.2, -0.15) is 0 Å². The molecule has 0 aliphatic heterocycles. The Morgan fingerprint density at radius 2 is 1.63 bits per heavy atom. The summed E-state index contributed by atoms with van der Waals surface area (Å²) in [7, 11) is 0. The Hall–Kier alpha value is -0.410. The van der Waals surface area contributed by atoms with Crippen LogP contribution in [-0.4, -0.2) is 24.0 Å². The second-order valence-corrected chi connectivity index (χ2v) is 7.86. The van der Waals surface area contributed by atoms with E-state index in [1.54, 1.807) is 6.92 Å². The molecule has 0 bridgehead atoms. The van der Waals surface area contributed by atoms with Gasteiger partial charge in [0, 0.05) is 17.6 Å². The summed E-state index contributed by atoms with van der Waals surface area (Å²) >= 11 is 0. The lowest BCUT2D eigenvalue weighted by Gasteiger charge is -2.38. The smallest absolute Gasteiger partial charge is 0.135 e. The lowest BCUT2D eigenvalue weighted by Crippen LogP contribution is -2.38. The lowest BCUT2D eigenvalue weighted by atomic mass is 9.71. The molecule has 0 heterocycles. The van der Waals surface area contributed by atoms with Crippen LogP contribution in [0.2, 0.25) is 0 Å². The molecule has 0 aliphatic rings. The van der Waals surface area contributed by atoms with Crippen LogP contribution < -0.4 is 5.73 Å². The average Bonchev–Trinajstić information content (AvgIpc) is 2.13. The summed E-state index contributed by atoms with van der Waals surface area (Å²) in [6.07, 6.45) is 1.76. The zero-order chi connectivity index (χ0) is 15.5. The first-order valence-electron chi connectivity index (χ1n) is 7.19. The van der Waals surface area contributed by atoms with Crippen LogP contribution in [0.1, 0.15) is 68.2 Å². The van der Waals surface area contributed by atoms with Crippen molar-refractivity contribution < 1.29 is 9.53 Å². The highest BCUT2D eigenvalue weighted by Crippen LogP contribution is 2.38. The van der Waals surface area contributed by atoms with Gasteiger partial charge in [0.25, 0.3) is 0 Å². The van der Waals surface area contributed by atoms with E-state index in [1.165, 1.54) is 0 Å². The first kappa shape index (κ1) is 18.6. The fraction of sp³-hybridized carbons (Fsp3) is 0.938. The lowest BCUT2D eigenvalue weighted by molar-refractivity contribution is -0.128. The van der Waals surface area contributed by atoms with E-state index in [2.05, 4.69) is 20.8 Å². The summed E-state index contributed by atoms with van der Waals surface area (Å²) in [4.78, 5) is 11.7. The number of nitrogens with two attached hydrogens (primary N) is 1. The predicted molar refractivity (Wildman–Crippen MR) is 81.2 cm³/mol. The maximum absolute atomic E-state index is 11.7. The quantitative estimate of drug-likeness (QED) is 0.734. The van der Waals surface area contributed by atoms with Gasteiger partial charge in [0.2, 0.25) is 0 Å². The summed E-state index contributed by atoms with van der Waals surface area (Å²) in [5.74, 6) is 0.232. The normalized spacial score (nSPS) is 15.4. The van der Waals surface area contributed by atoms with Crippen LogP contribution in [0.25, 0.3) is 0 Å². The van der Waals surface area contributed by atoms with Crippen LogP contribution in [-0.2, 0) is 9.53 Å². The summed E-state index contributed by atoms with van der Waals surface area (Å²) in [6.45, 7) is 16.8. The van der Waals surface area contributed by atoms with Crippen molar-refractivity contribution in [3.05, 3.63) is 0 Å². The van der Waals surface area contributed by atoms with Gasteiger partial charge in [-0.15, -0.1) is 0 Å². The Labute approximate surface area is 119 Å². The van der Waals surface area contributed by atoms with Crippen molar-refractivity contribution in [1.82, 2.24) is 0 Å².